The summed E-state index contributed by atoms with van der Waals surface area (Å²) in [7, 11) is 0. The van der Waals surface area contributed by atoms with E-state index in [1.807, 2.05) is 31.2 Å². The van der Waals surface area contributed by atoms with E-state index in [4.69, 9.17) is 0 Å². The number of carbonyl (C=O) groups is 2. The van der Waals surface area contributed by atoms with Gasteiger partial charge in [0, 0.05) is 26.4 Å². The number of hydrogen-bond donors (Lipinski definition) is 2. The van der Waals surface area contributed by atoms with Crippen LogP contribution in [0.15, 0.2) is 24.3 Å². The molecule has 120 valence electrons. The van der Waals surface area contributed by atoms with Gasteiger partial charge in [0.1, 0.15) is 6.04 Å². The summed E-state index contributed by atoms with van der Waals surface area (Å²) >= 11 is 0. The largest absolute Gasteiger partial charge is 0.393 e. The number of rotatable bonds is 5. The Balaban J connectivity index is 2.04. The number of nitrogens with zero attached hydrogens (tertiary/aromatic N) is 1. The molecule has 5 nitrogen and oxygen atoms in total. The molecular formula is C17H24N2O3. The van der Waals surface area contributed by atoms with Crippen molar-refractivity contribution in [3.05, 3.63) is 35.4 Å². The Morgan fingerprint density at radius 2 is 2.05 bits per heavy atom. The number of carbonyl (C=O) groups excluding carboxylic acids is 2. The van der Waals surface area contributed by atoms with Crippen LogP contribution < -0.4 is 5.32 Å². The van der Waals surface area contributed by atoms with Crippen molar-refractivity contribution in [1.82, 2.24) is 10.2 Å². The lowest BCUT2D eigenvalue weighted by atomic mass is 9.93. The molecule has 0 aliphatic carbocycles. The Hall–Kier alpha value is -1.88. The van der Waals surface area contributed by atoms with Crippen LogP contribution in [0.4, 0.5) is 0 Å². The van der Waals surface area contributed by atoms with Gasteiger partial charge in [-0.2, -0.15) is 0 Å². The smallest absolute Gasteiger partial charge is 0.243 e. The minimum absolute atomic E-state index is 0.0942. The highest BCUT2D eigenvalue weighted by atomic mass is 16.3. The molecule has 0 aromatic heterocycles. The van der Waals surface area contributed by atoms with Crippen molar-refractivity contribution in [2.75, 3.05) is 6.54 Å². The minimum atomic E-state index is -0.467. The van der Waals surface area contributed by atoms with Gasteiger partial charge in [-0.15, -0.1) is 0 Å². The molecule has 0 saturated carbocycles. The highest BCUT2D eigenvalue weighted by Crippen LogP contribution is 2.23. The summed E-state index contributed by atoms with van der Waals surface area (Å²) in [5, 5.41) is 12.4. The first kappa shape index (κ1) is 16.5. The summed E-state index contributed by atoms with van der Waals surface area (Å²) in [5.41, 5.74) is 2.22. The van der Waals surface area contributed by atoms with Gasteiger partial charge in [-0.25, -0.2) is 0 Å². The zero-order chi connectivity index (χ0) is 16.1. The fourth-order valence-corrected chi connectivity index (χ4v) is 2.77. The predicted octanol–water partition coefficient (Wildman–Crippen LogP) is 1.24. The molecule has 2 N–H and O–H groups in total. The second kappa shape index (κ2) is 7.40. The molecule has 1 aliphatic rings. The van der Waals surface area contributed by atoms with Crippen molar-refractivity contribution in [1.29, 1.82) is 0 Å². The topological polar surface area (TPSA) is 69.6 Å². The van der Waals surface area contributed by atoms with E-state index < -0.39 is 12.1 Å². The van der Waals surface area contributed by atoms with Gasteiger partial charge < -0.3 is 15.3 Å². The van der Waals surface area contributed by atoms with E-state index in [1.165, 1.54) is 6.92 Å². The molecule has 2 amide bonds. The van der Waals surface area contributed by atoms with Gasteiger partial charge in [0.25, 0.3) is 0 Å². The van der Waals surface area contributed by atoms with E-state index in [9.17, 15) is 14.7 Å². The standard InChI is InChI=1S/C17H24N2O3/c1-3-15(21)8-9-18-17(22)16-10-13-6-4-5-7-14(13)11-19(16)12(2)20/h4-7,15-16,21H,3,8-11H2,1-2H3,(H,18,22). The van der Waals surface area contributed by atoms with Crippen LogP contribution in [-0.2, 0) is 22.6 Å². The lowest BCUT2D eigenvalue weighted by molar-refractivity contribution is -0.140. The molecule has 1 aromatic carbocycles. The fourth-order valence-electron chi connectivity index (χ4n) is 2.77. The Morgan fingerprint density at radius 3 is 2.68 bits per heavy atom. The zero-order valence-corrected chi connectivity index (χ0v) is 13.2. The Morgan fingerprint density at radius 1 is 1.36 bits per heavy atom. The number of amides is 2. The number of benzene rings is 1. The molecule has 0 spiro atoms. The summed E-state index contributed by atoms with van der Waals surface area (Å²) in [6, 6.07) is 7.44. The number of aliphatic hydroxyl groups excluding tert-OH is 1. The van der Waals surface area contributed by atoms with Crippen molar-refractivity contribution >= 4 is 11.8 Å². The van der Waals surface area contributed by atoms with Crippen LogP contribution in [-0.4, -0.2) is 40.5 Å². The first-order chi connectivity index (χ1) is 10.5. The van der Waals surface area contributed by atoms with Crippen LogP contribution in [0.1, 0.15) is 37.8 Å². The highest BCUT2D eigenvalue weighted by Gasteiger charge is 2.32. The number of hydrogen-bond acceptors (Lipinski definition) is 3. The number of nitrogens with one attached hydrogen (secondary N) is 1. The van der Waals surface area contributed by atoms with Crippen molar-refractivity contribution in [3.63, 3.8) is 0 Å². The van der Waals surface area contributed by atoms with Crippen molar-refractivity contribution in [2.24, 2.45) is 0 Å². The fraction of sp³-hybridized carbons (Fsp3) is 0.529. The summed E-state index contributed by atoms with van der Waals surface area (Å²) in [5.74, 6) is -0.240. The average Bonchev–Trinajstić information content (AvgIpc) is 2.53. The first-order valence-corrected chi connectivity index (χ1v) is 7.82. The SMILES string of the molecule is CCC(O)CCNC(=O)C1Cc2ccccc2CN1C(C)=O. The molecule has 2 rings (SSSR count). The van der Waals surface area contributed by atoms with Crippen LogP contribution in [0.2, 0.25) is 0 Å². The molecule has 0 bridgehead atoms. The molecule has 1 heterocycles. The van der Waals surface area contributed by atoms with Crippen LogP contribution in [0.3, 0.4) is 0 Å². The van der Waals surface area contributed by atoms with E-state index in [2.05, 4.69) is 5.32 Å². The van der Waals surface area contributed by atoms with E-state index in [0.717, 1.165) is 11.1 Å². The summed E-state index contributed by atoms with van der Waals surface area (Å²) in [6.45, 7) is 4.30. The van der Waals surface area contributed by atoms with Gasteiger partial charge in [-0.05, 0) is 24.0 Å². The van der Waals surface area contributed by atoms with E-state index in [-0.39, 0.29) is 11.8 Å². The third kappa shape index (κ3) is 3.85. The van der Waals surface area contributed by atoms with E-state index in [0.29, 0.717) is 32.4 Å². The third-order valence-electron chi connectivity index (χ3n) is 4.20. The first-order valence-electron chi connectivity index (χ1n) is 7.82. The molecule has 1 aliphatic heterocycles. The van der Waals surface area contributed by atoms with Gasteiger partial charge >= 0.3 is 0 Å². The van der Waals surface area contributed by atoms with Crippen molar-refractivity contribution in [3.8, 4) is 0 Å². The predicted molar refractivity (Wildman–Crippen MR) is 84.1 cm³/mol. The lowest BCUT2D eigenvalue weighted by Gasteiger charge is -2.35. The summed E-state index contributed by atoms with van der Waals surface area (Å²) < 4.78 is 0. The molecule has 5 heteroatoms. The molecule has 0 radical (unpaired) electrons. The average molecular weight is 304 g/mol. The Labute approximate surface area is 131 Å². The Kier molecular flexibility index (Phi) is 5.55. The van der Waals surface area contributed by atoms with Gasteiger partial charge in [0.2, 0.25) is 11.8 Å². The maximum Gasteiger partial charge on any atom is 0.243 e. The quantitative estimate of drug-likeness (QED) is 0.860. The summed E-state index contributed by atoms with van der Waals surface area (Å²) in [6.07, 6.45) is 1.35. The van der Waals surface area contributed by atoms with Crippen molar-refractivity contribution < 1.29 is 14.7 Å². The molecule has 2 unspecified atom stereocenters. The molecule has 0 saturated heterocycles. The van der Waals surface area contributed by atoms with Gasteiger partial charge in [-0.1, -0.05) is 31.2 Å². The van der Waals surface area contributed by atoms with Gasteiger partial charge in [-0.3, -0.25) is 9.59 Å². The summed E-state index contributed by atoms with van der Waals surface area (Å²) in [4.78, 5) is 25.9. The normalized spacial score (nSPS) is 18.5. The van der Waals surface area contributed by atoms with Crippen LogP contribution >= 0.6 is 0 Å². The second-order valence-corrected chi connectivity index (χ2v) is 5.78. The minimum Gasteiger partial charge on any atom is -0.393 e. The van der Waals surface area contributed by atoms with Crippen LogP contribution in [0.25, 0.3) is 0 Å². The van der Waals surface area contributed by atoms with E-state index >= 15 is 0 Å². The van der Waals surface area contributed by atoms with Gasteiger partial charge in [0.05, 0.1) is 6.10 Å². The van der Waals surface area contributed by atoms with Gasteiger partial charge in [0.15, 0.2) is 0 Å². The maximum absolute atomic E-state index is 12.4. The molecule has 22 heavy (non-hydrogen) atoms. The highest BCUT2D eigenvalue weighted by molar-refractivity contribution is 5.87. The zero-order valence-electron chi connectivity index (χ0n) is 13.2. The molecule has 0 fully saturated rings. The number of aliphatic hydroxyl groups is 1. The maximum atomic E-state index is 12.4. The van der Waals surface area contributed by atoms with Crippen LogP contribution in [0, 0.1) is 0 Å². The Bertz CT molecular complexity index is 544. The lowest BCUT2D eigenvalue weighted by Crippen LogP contribution is -2.52. The van der Waals surface area contributed by atoms with Crippen molar-refractivity contribution in [2.45, 2.75) is 51.8 Å². The number of fused-ring (bicyclic) bond motifs is 1. The monoisotopic (exact) mass is 304 g/mol. The third-order valence-corrected chi connectivity index (χ3v) is 4.20. The molecule has 1 aromatic rings. The molecular weight excluding hydrogens is 280 g/mol. The van der Waals surface area contributed by atoms with E-state index in [1.54, 1.807) is 4.90 Å². The molecule has 2 atom stereocenters. The second-order valence-electron chi connectivity index (χ2n) is 5.78. The van der Waals surface area contributed by atoms with Crippen LogP contribution in [0.5, 0.6) is 0 Å².